The van der Waals surface area contributed by atoms with E-state index in [1.807, 2.05) is 24.3 Å². The summed E-state index contributed by atoms with van der Waals surface area (Å²) >= 11 is 3.35. The first-order valence-electron chi connectivity index (χ1n) is 6.60. The number of carbonyl (C=O) groups is 2. The molecule has 21 heavy (non-hydrogen) atoms. The van der Waals surface area contributed by atoms with Crippen molar-refractivity contribution in [2.45, 2.75) is 33.4 Å². The zero-order valence-corrected chi connectivity index (χ0v) is 14.3. The lowest BCUT2D eigenvalue weighted by Crippen LogP contribution is -2.52. The zero-order chi connectivity index (χ0) is 16.2. The molecule has 1 aromatic rings. The van der Waals surface area contributed by atoms with E-state index in [0.717, 1.165) is 10.0 Å². The van der Waals surface area contributed by atoms with Gasteiger partial charge in [-0.2, -0.15) is 0 Å². The molecule has 5 nitrogen and oxygen atoms in total. The quantitative estimate of drug-likeness (QED) is 0.870. The van der Waals surface area contributed by atoms with E-state index in [4.69, 9.17) is 0 Å². The van der Waals surface area contributed by atoms with Crippen molar-refractivity contribution in [3.63, 3.8) is 0 Å². The second-order valence-electron chi connectivity index (χ2n) is 6.07. The van der Waals surface area contributed by atoms with Crippen LogP contribution in [0.3, 0.4) is 0 Å². The minimum atomic E-state index is -1.03. The van der Waals surface area contributed by atoms with Crippen LogP contribution >= 0.6 is 15.9 Å². The third-order valence-corrected chi connectivity index (χ3v) is 3.59. The SMILES string of the molecule is CN(Cc1ccc(Br)cc1)C(=O)N[C@@H](C(=O)O)C(C)(C)C. The average molecular weight is 357 g/mol. The number of carbonyl (C=O) groups excluding carboxylic acids is 1. The van der Waals surface area contributed by atoms with Gasteiger partial charge >= 0.3 is 12.0 Å². The predicted molar refractivity (Wildman–Crippen MR) is 85.0 cm³/mol. The molecule has 0 saturated carbocycles. The Morgan fingerprint density at radius 3 is 2.24 bits per heavy atom. The monoisotopic (exact) mass is 356 g/mol. The van der Waals surface area contributed by atoms with Crippen LogP contribution in [0.5, 0.6) is 0 Å². The fourth-order valence-corrected chi connectivity index (χ4v) is 2.08. The van der Waals surface area contributed by atoms with Gasteiger partial charge in [0.25, 0.3) is 0 Å². The molecule has 2 N–H and O–H groups in total. The van der Waals surface area contributed by atoms with E-state index in [9.17, 15) is 14.7 Å². The summed E-state index contributed by atoms with van der Waals surface area (Å²) in [6.45, 7) is 5.75. The first kappa shape index (κ1) is 17.5. The van der Waals surface area contributed by atoms with Crippen molar-refractivity contribution in [3.8, 4) is 0 Å². The van der Waals surface area contributed by atoms with Gasteiger partial charge in [0, 0.05) is 18.1 Å². The molecule has 6 heteroatoms. The van der Waals surface area contributed by atoms with Gasteiger partial charge in [0.05, 0.1) is 0 Å². The van der Waals surface area contributed by atoms with Crippen molar-refractivity contribution in [1.82, 2.24) is 10.2 Å². The number of hydrogen-bond acceptors (Lipinski definition) is 2. The van der Waals surface area contributed by atoms with E-state index >= 15 is 0 Å². The smallest absolute Gasteiger partial charge is 0.326 e. The molecule has 1 aromatic carbocycles. The van der Waals surface area contributed by atoms with E-state index in [-0.39, 0.29) is 0 Å². The lowest BCUT2D eigenvalue weighted by Gasteiger charge is -2.29. The van der Waals surface area contributed by atoms with Gasteiger partial charge in [-0.1, -0.05) is 48.8 Å². The largest absolute Gasteiger partial charge is 0.480 e. The van der Waals surface area contributed by atoms with Gasteiger partial charge in [0.15, 0.2) is 0 Å². The molecule has 0 unspecified atom stereocenters. The molecular weight excluding hydrogens is 336 g/mol. The fourth-order valence-electron chi connectivity index (χ4n) is 1.82. The molecule has 0 radical (unpaired) electrons. The summed E-state index contributed by atoms with van der Waals surface area (Å²) in [7, 11) is 1.64. The van der Waals surface area contributed by atoms with E-state index in [0.29, 0.717) is 6.54 Å². The van der Waals surface area contributed by atoms with Crippen LogP contribution in [0.4, 0.5) is 4.79 Å². The van der Waals surface area contributed by atoms with E-state index < -0.39 is 23.5 Å². The highest BCUT2D eigenvalue weighted by Crippen LogP contribution is 2.20. The van der Waals surface area contributed by atoms with Crippen molar-refractivity contribution >= 4 is 27.9 Å². The average Bonchev–Trinajstić information content (AvgIpc) is 2.36. The van der Waals surface area contributed by atoms with Gasteiger partial charge in [-0.05, 0) is 23.1 Å². The van der Waals surface area contributed by atoms with E-state index in [1.54, 1.807) is 27.8 Å². The van der Waals surface area contributed by atoms with Crippen LogP contribution in [0.15, 0.2) is 28.7 Å². The standard InChI is InChI=1S/C15H21BrN2O3/c1-15(2,3)12(13(19)20)17-14(21)18(4)9-10-5-7-11(16)8-6-10/h5-8,12H,9H2,1-4H3,(H,17,21)(H,19,20)/t12-/m0/s1. The Balaban J connectivity index is 2.69. The molecule has 0 aliphatic heterocycles. The topological polar surface area (TPSA) is 69.6 Å². The lowest BCUT2D eigenvalue weighted by atomic mass is 9.87. The Hall–Kier alpha value is -1.56. The molecule has 0 aromatic heterocycles. The van der Waals surface area contributed by atoms with Gasteiger partial charge < -0.3 is 15.3 Å². The van der Waals surface area contributed by atoms with Crippen LogP contribution in [-0.4, -0.2) is 35.1 Å². The van der Waals surface area contributed by atoms with Crippen molar-refractivity contribution in [2.75, 3.05) is 7.05 Å². The summed E-state index contributed by atoms with van der Waals surface area (Å²) in [4.78, 5) is 24.8. The summed E-state index contributed by atoms with van der Waals surface area (Å²) in [6.07, 6.45) is 0. The highest BCUT2D eigenvalue weighted by Gasteiger charge is 2.33. The molecule has 0 heterocycles. The van der Waals surface area contributed by atoms with Crippen LogP contribution in [0, 0.1) is 5.41 Å². The molecule has 2 amide bonds. The Kier molecular flexibility index (Phi) is 5.78. The number of nitrogens with zero attached hydrogens (tertiary/aromatic N) is 1. The second kappa shape index (κ2) is 6.93. The molecule has 0 aliphatic carbocycles. The van der Waals surface area contributed by atoms with Gasteiger partial charge in [0.2, 0.25) is 0 Å². The van der Waals surface area contributed by atoms with Gasteiger partial charge in [-0.3, -0.25) is 0 Å². The minimum absolute atomic E-state index is 0.403. The van der Waals surface area contributed by atoms with Gasteiger partial charge in [-0.25, -0.2) is 9.59 Å². The number of nitrogens with one attached hydrogen (secondary N) is 1. The number of aliphatic carboxylic acids is 1. The molecular formula is C15H21BrN2O3. The molecule has 0 saturated heterocycles. The number of benzene rings is 1. The maximum absolute atomic E-state index is 12.1. The van der Waals surface area contributed by atoms with Crippen LogP contribution in [0.2, 0.25) is 0 Å². The highest BCUT2D eigenvalue weighted by atomic mass is 79.9. The predicted octanol–water partition coefficient (Wildman–Crippen LogP) is 3.09. The summed E-state index contributed by atoms with van der Waals surface area (Å²) < 4.78 is 0.969. The van der Waals surface area contributed by atoms with Crippen molar-refractivity contribution in [2.24, 2.45) is 5.41 Å². The number of amides is 2. The van der Waals surface area contributed by atoms with Crippen LogP contribution in [0.1, 0.15) is 26.3 Å². The number of urea groups is 1. The maximum atomic E-state index is 12.1. The van der Waals surface area contributed by atoms with E-state index in [2.05, 4.69) is 21.2 Å². The summed E-state index contributed by atoms with van der Waals surface area (Å²) in [5.74, 6) is -1.03. The summed E-state index contributed by atoms with van der Waals surface area (Å²) in [5, 5.41) is 11.8. The Labute approximate surface area is 133 Å². The van der Waals surface area contributed by atoms with Gasteiger partial charge in [-0.15, -0.1) is 0 Å². The van der Waals surface area contributed by atoms with Crippen molar-refractivity contribution < 1.29 is 14.7 Å². The molecule has 1 atom stereocenters. The minimum Gasteiger partial charge on any atom is -0.480 e. The number of hydrogen-bond donors (Lipinski definition) is 2. The second-order valence-corrected chi connectivity index (χ2v) is 6.98. The molecule has 0 bridgehead atoms. The van der Waals surface area contributed by atoms with Crippen molar-refractivity contribution in [1.29, 1.82) is 0 Å². The maximum Gasteiger partial charge on any atom is 0.326 e. The summed E-state index contributed by atoms with van der Waals surface area (Å²) in [6, 6.07) is 6.28. The molecule has 0 aliphatic rings. The fraction of sp³-hybridized carbons (Fsp3) is 0.467. The first-order valence-corrected chi connectivity index (χ1v) is 7.39. The summed E-state index contributed by atoms with van der Waals surface area (Å²) in [5.41, 5.74) is 0.415. The number of carboxylic acids is 1. The van der Waals surface area contributed by atoms with Crippen LogP contribution in [-0.2, 0) is 11.3 Å². The Morgan fingerprint density at radius 1 is 1.29 bits per heavy atom. The van der Waals surface area contributed by atoms with E-state index in [1.165, 1.54) is 4.90 Å². The Bertz CT molecular complexity index is 509. The number of halogens is 1. The third-order valence-electron chi connectivity index (χ3n) is 3.06. The Morgan fingerprint density at radius 2 is 1.81 bits per heavy atom. The third kappa shape index (κ3) is 5.38. The number of carboxylic acid groups (broad SMARTS) is 1. The lowest BCUT2D eigenvalue weighted by molar-refractivity contribution is -0.142. The zero-order valence-electron chi connectivity index (χ0n) is 12.7. The van der Waals surface area contributed by atoms with Crippen LogP contribution in [0.25, 0.3) is 0 Å². The number of rotatable bonds is 4. The molecule has 0 spiro atoms. The molecule has 116 valence electrons. The normalized spacial score (nSPS) is 12.6. The molecule has 1 rings (SSSR count). The van der Waals surface area contributed by atoms with Crippen molar-refractivity contribution in [3.05, 3.63) is 34.3 Å². The van der Waals surface area contributed by atoms with Crippen LogP contribution < -0.4 is 5.32 Å². The van der Waals surface area contributed by atoms with Gasteiger partial charge in [0.1, 0.15) is 6.04 Å². The first-order chi connectivity index (χ1) is 9.61. The molecule has 0 fully saturated rings. The highest BCUT2D eigenvalue weighted by molar-refractivity contribution is 9.10.